The molecule has 1 aromatic heterocycles. The quantitative estimate of drug-likeness (QED) is 0.330. The highest BCUT2D eigenvalue weighted by Gasteiger charge is 2.30. The van der Waals surface area contributed by atoms with E-state index in [1.807, 2.05) is 19.9 Å². The van der Waals surface area contributed by atoms with Crippen LogP contribution in [0.15, 0.2) is 39.8 Å². The van der Waals surface area contributed by atoms with E-state index in [0.29, 0.717) is 37.1 Å². The van der Waals surface area contributed by atoms with Crippen LogP contribution in [0.4, 0.5) is 13.2 Å². The molecule has 0 aliphatic rings. The van der Waals surface area contributed by atoms with Gasteiger partial charge in [-0.3, -0.25) is 4.99 Å². The van der Waals surface area contributed by atoms with Gasteiger partial charge in [0.1, 0.15) is 5.75 Å². The van der Waals surface area contributed by atoms with Crippen molar-refractivity contribution < 1.29 is 22.4 Å². The minimum atomic E-state index is -4.68. The number of guanidine groups is 1. The van der Waals surface area contributed by atoms with Crippen molar-refractivity contribution in [3.8, 4) is 5.75 Å². The lowest BCUT2D eigenvalue weighted by atomic mass is 10.1. The third kappa shape index (κ3) is 8.36. The summed E-state index contributed by atoms with van der Waals surface area (Å²) in [4.78, 5) is 4.12. The lowest BCUT2D eigenvalue weighted by molar-refractivity contribution is -0.274. The molecule has 1 heterocycles. The van der Waals surface area contributed by atoms with Gasteiger partial charge in [0.05, 0.1) is 12.2 Å². The van der Waals surface area contributed by atoms with Crippen molar-refractivity contribution >= 4 is 29.9 Å². The summed E-state index contributed by atoms with van der Waals surface area (Å²) in [5.41, 5.74) is 1.77. The summed E-state index contributed by atoms with van der Waals surface area (Å²) in [7, 11) is 1.65. The Kier molecular flexibility index (Phi) is 9.56. The van der Waals surface area contributed by atoms with E-state index in [0.717, 1.165) is 11.3 Å². The molecule has 0 fully saturated rings. The SMILES string of the molecule is CN=C(NCCc1ccc(OC(F)(F)F)cc1)NCc1cc(C(C)C)no1.I. The lowest BCUT2D eigenvalue weighted by Gasteiger charge is -2.11. The van der Waals surface area contributed by atoms with Gasteiger partial charge in [-0.15, -0.1) is 37.1 Å². The van der Waals surface area contributed by atoms with Crippen LogP contribution in [-0.2, 0) is 13.0 Å². The van der Waals surface area contributed by atoms with Gasteiger partial charge in [0.15, 0.2) is 11.7 Å². The number of hydrogen-bond donors (Lipinski definition) is 2. The van der Waals surface area contributed by atoms with E-state index in [1.54, 1.807) is 19.2 Å². The number of nitrogens with zero attached hydrogens (tertiary/aromatic N) is 2. The molecule has 2 aromatic rings. The number of nitrogens with one attached hydrogen (secondary N) is 2. The minimum Gasteiger partial charge on any atom is -0.406 e. The maximum Gasteiger partial charge on any atom is 0.573 e. The molecule has 0 unspecified atom stereocenters. The Labute approximate surface area is 178 Å². The number of aromatic nitrogens is 1. The molecule has 0 aliphatic heterocycles. The number of benzene rings is 1. The number of ether oxygens (including phenoxy) is 1. The molecule has 10 heteroatoms. The van der Waals surface area contributed by atoms with Crippen LogP contribution in [0.2, 0.25) is 0 Å². The molecule has 0 saturated heterocycles. The predicted octanol–water partition coefficient (Wildman–Crippen LogP) is 4.22. The third-order valence-corrected chi connectivity index (χ3v) is 3.69. The zero-order valence-electron chi connectivity index (χ0n) is 15.8. The number of rotatable bonds is 7. The van der Waals surface area contributed by atoms with E-state index >= 15 is 0 Å². The van der Waals surface area contributed by atoms with Crippen LogP contribution in [0.1, 0.15) is 36.8 Å². The summed E-state index contributed by atoms with van der Waals surface area (Å²) in [6.45, 7) is 5.09. The van der Waals surface area contributed by atoms with Crippen LogP contribution in [-0.4, -0.2) is 31.1 Å². The molecule has 0 saturated carbocycles. The van der Waals surface area contributed by atoms with Crippen molar-refractivity contribution in [3.63, 3.8) is 0 Å². The van der Waals surface area contributed by atoms with E-state index < -0.39 is 6.36 Å². The maximum atomic E-state index is 12.1. The fourth-order valence-electron chi connectivity index (χ4n) is 2.26. The first-order chi connectivity index (χ1) is 12.8. The molecule has 156 valence electrons. The zero-order chi connectivity index (χ0) is 19.9. The van der Waals surface area contributed by atoms with Crippen LogP contribution in [0.25, 0.3) is 0 Å². The molecule has 6 nitrogen and oxygen atoms in total. The molecule has 0 aliphatic carbocycles. The summed E-state index contributed by atoms with van der Waals surface area (Å²) in [6.07, 6.45) is -4.06. The van der Waals surface area contributed by atoms with Gasteiger partial charge in [0, 0.05) is 19.7 Å². The highest BCUT2D eigenvalue weighted by molar-refractivity contribution is 14.0. The first-order valence-electron chi connectivity index (χ1n) is 8.51. The predicted molar refractivity (Wildman–Crippen MR) is 111 cm³/mol. The largest absolute Gasteiger partial charge is 0.573 e. The van der Waals surface area contributed by atoms with Gasteiger partial charge < -0.3 is 19.9 Å². The molecular formula is C18H24F3IN4O2. The second kappa shape index (κ2) is 11.1. The van der Waals surface area contributed by atoms with E-state index in [2.05, 4.69) is 25.5 Å². The fraction of sp³-hybridized carbons (Fsp3) is 0.444. The molecule has 0 spiro atoms. The lowest BCUT2D eigenvalue weighted by Crippen LogP contribution is -2.37. The molecule has 2 N–H and O–H groups in total. The van der Waals surface area contributed by atoms with Crippen molar-refractivity contribution in [2.75, 3.05) is 13.6 Å². The Balaban J connectivity index is 0.00000392. The molecule has 0 atom stereocenters. The Morgan fingerprint density at radius 1 is 1.21 bits per heavy atom. The highest BCUT2D eigenvalue weighted by Crippen LogP contribution is 2.22. The number of alkyl halides is 3. The molecule has 2 rings (SSSR count). The molecule has 0 radical (unpaired) electrons. The third-order valence-electron chi connectivity index (χ3n) is 3.69. The summed E-state index contributed by atoms with van der Waals surface area (Å²) in [5, 5.41) is 10.2. The molecular weight excluding hydrogens is 488 g/mol. The summed E-state index contributed by atoms with van der Waals surface area (Å²) >= 11 is 0. The van der Waals surface area contributed by atoms with Gasteiger partial charge in [-0.05, 0) is 30.0 Å². The van der Waals surface area contributed by atoms with Gasteiger partial charge >= 0.3 is 6.36 Å². The number of hydrogen-bond acceptors (Lipinski definition) is 4. The molecule has 0 amide bonds. The van der Waals surface area contributed by atoms with Crippen LogP contribution >= 0.6 is 24.0 Å². The van der Waals surface area contributed by atoms with Crippen LogP contribution in [0.5, 0.6) is 5.75 Å². The average Bonchev–Trinajstić information content (AvgIpc) is 3.07. The molecule has 1 aromatic carbocycles. The second-order valence-corrected chi connectivity index (χ2v) is 6.17. The molecule has 28 heavy (non-hydrogen) atoms. The van der Waals surface area contributed by atoms with Gasteiger partial charge in [0.25, 0.3) is 0 Å². The summed E-state index contributed by atoms with van der Waals surface area (Å²) < 4.78 is 45.5. The van der Waals surface area contributed by atoms with Crippen molar-refractivity contribution in [2.45, 2.75) is 39.1 Å². The Morgan fingerprint density at radius 2 is 1.89 bits per heavy atom. The number of halogens is 4. The van der Waals surface area contributed by atoms with Gasteiger partial charge in [-0.1, -0.05) is 31.1 Å². The number of aliphatic imine (C=N–C) groups is 1. The minimum absolute atomic E-state index is 0. The van der Waals surface area contributed by atoms with Gasteiger partial charge in [-0.2, -0.15) is 0 Å². The summed E-state index contributed by atoms with van der Waals surface area (Å²) in [6, 6.07) is 7.69. The highest BCUT2D eigenvalue weighted by atomic mass is 127. The normalized spacial score (nSPS) is 11.9. The topological polar surface area (TPSA) is 71.7 Å². The van der Waals surface area contributed by atoms with Crippen LogP contribution < -0.4 is 15.4 Å². The maximum absolute atomic E-state index is 12.1. The monoisotopic (exact) mass is 512 g/mol. The van der Waals surface area contributed by atoms with Crippen molar-refractivity contribution in [1.29, 1.82) is 0 Å². The van der Waals surface area contributed by atoms with E-state index in [9.17, 15) is 13.2 Å². The standard InChI is InChI=1S/C18H23F3N4O2.HI/c1-12(2)16-10-15(27-25-16)11-24-17(22-3)23-9-8-13-4-6-14(7-5-13)26-18(19,20)21;/h4-7,10,12H,8-9,11H2,1-3H3,(H2,22,23,24);1H. The molecule has 0 bridgehead atoms. The average molecular weight is 512 g/mol. The Morgan fingerprint density at radius 3 is 2.43 bits per heavy atom. The Hall–Kier alpha value is -1.98. The van der Waals surface area contributed by atoms with Crippen LogP contribution in [0, 0.1) is 0 Å². The van der Waals surface area contributed by atoms with Crippen LogP contribution in [0.3, 0.4) is 0 Å². The van der Waals surface area contributed by atoms with Crippen molar-refractivity contribution in [3.05, 3.63) is 47.3 Å². The van der Waals surface area contributed by atoms with Gasteiger partial charge in [0.2, 0.25) is 0 Å². The first kappa shape index (κ1) is 24.1. The van der Waals surface area contributed by atoms with E-state index in [-0.39, 0.29) is 29.7 Å². The van der Waals surface area contributed by atoms with Gasteiger partial charge in [-0.25, -0.2) is 0 Å². The first-order valence-corrected chi connectivity index (χ1v) is 8.51. The smallest absolute Gasteiger partial charge is 0.406 e. The van der Waals surface area contributed by atoms with Crippen molar-refractivity contribution in [1.82, 2.24) is 15.8 Å². The van der Waals surface area contributed by atoms with Crippen molar-refractivity contribution in [2.24, 2.45) is 4.99 Å². The van der Waals surface area contributed by atoms with E-state index in [4.69, 9.17) is 4.52 Å². The van der Waals surface area contributed by atoms with E-state index in [1.165, 1.54) is 12.1 Å². The Bertz CT molecular complexity index is 746. The second-order valence-electron chi connectivity index (χ2n) is 6.17. The fourth-order valence-corrected chi connectivity index (χ4v) is 2.26. The zero-order valence-corrected chi connectivity index (χ0v) is 18.2. The summed E-state index contributed by atoms with van der Waals surface area (Å²) in [5.74, 6) is 1.37.